The Morgan fingerprint density at radius 3 is 2.46 bits per heavy atom. The monoisotopic (exact) mass is 347 g/mol. The zero-order chi connectivity index (χ0) is 17.5. The van der Waals surface area contributed by atoms with E-state index in [1.54, 1.807) is 0 Å². The van der Waals surface area contributed by atoms with E-state index in [-0.39, 0.29) is 0 Å². The highest BCUT2D eigenvalue weighted by molar-refractivity contribution is 5.80. The van der Waals surface area contributed by atoms with E-state index in [9.17, 15) is 0 Å². The van der Waals surface area contributed by atoms with E-state index in [0.29, 0.717) is 0 Å². The van der Waals surface area contributed by atoms with E-state index >= 15 is 0 Å². The van der Waals surface area contributed by atoms with Crippen molar-refractivity contribution in [3.8, 4) is 11.1 Å². The van der Waals surface area contributed by atoms with Gasteiger partial charge in [0.2, 0.25) is 0 Å². The molecule has 2 N–H and O–H groups in total. The zero-order valence-electron chi connectivity index (χ0n) is 15.0. The molecule has 0 spiro atoms. The number of anilines is 2. The minimum Gasteiger partial charge on any atom is -0.399 e. The molecule has 1 saturated heterocycles. The number of hydrogen-bond acceptors (Lipinski definition) is 4. The van der Waals surface area contributed by atoms with Crippen LogP contribution in [-0.4, -0.2) is 47.2 Å². The lowest BCUT2D eigenvalue weighted by atomic mass is 10.1. The molecular formula is C21H25N5. The van der Waals surface area contributed by atoms with Crippen LogP contribution in [0.1, 0.15) is 12.8 Å². The molecule has 2 fully saturated rings. The van der Waals surface area contributed by atoms with Crippen molar-refractivity contribution in [1.82, 2.24) is 14.5 Å². The van der Waals surface area contributed by atoms with E-state index in [1.807, 2.05) is 22.8 Å². The number of nitrogens with two attached hydrogens (primary N) is 1. The number of hydrogen-bond donors (Lipinski definition) is 1. The van der Waals surface area contributed by atoms with Gasteiger partial charge in [0.05, 0.1) is 11.2 Å². The summed E-state index contributed by atoms with van der Waals surface area (Å²) in [7, 11) is 0. The maximum absolute atomic E-state index is 5.82. The highest BCUT2D eigenvalue weighted by atomic mass is 15.3. The van der Waals surface area contributed by atoms with Crippen molar-refractivity contribution in [1.29, 1.82) is 0 Å². The molecule has 0 bridgehead atoms. The molecule has 0 amide bonds. The molecule has 1 aromatic carbocycles. The number of nitrogen functional groups attached to an aromatic ring is 1. The Labute approximate surface area is 154 Å². The molecule has 1 aliphatic heterocycles. The van der Waals surface area contributed by atoms with Crippen molar-refractivity contribution in [2.75, 3.05) is 43.4 Å². The number of piperazine rings is 1. The van der Waals surface area contributed by atoms with Crippen LogP contribution in [0.25, 0.3) is 16.6 Å². The van der Waals surface area contributed by atoms with Gasteiger partial charge in [-0.25, -0.2) is 4.52 Å². The Balaban J connectivity index is 1.40. The van der Waals surface area contributed by atoms with Gasteiger partial charge in [-0.3, -0.25) is 4.90 Å². The molecule has 1 saturated carbocycles. The van der Waals surface area contributed by atoms with Crippen LogP contribution in [-0.2, 0) is 0 Å². The summed E-state index contributed by atoms with van der Waals surface area (Å²) in [6.07, 6.45) is 6.88. The average molecular weight is 347 g/mol. The highest BCUT2D eigenvalue weighted by Crippen LogP contribution is 2.31. The van der Waals surface area contributed by atoms with Crippen molar-refractivity contribution in [2.24, 2.45) is 5.92 Å². The molecule has 5 nitrogen and oxygen atoms in total. The summed E-state index contributed by atoms with van der Waals surface area (Å²) in [5.74, 6) is 0.974. The van der Waals surface area contributed by atoms with Crippen LogP contribution in [0.3, 0.4) is 0 Å². The highest BCUT2D eigenvalue weighted by Gasteiger charge is 2.27. The second-order valence-corrected chi connectivity index (χ2v) is 7.63. The predicted molar refractivity (Wildman–Crippen MR) is 106 cm³/mol. The SMILES string of the molecule is Nc1ccc(-c2cc3c(N4CCN(CC5CC5)CC4)ccnn3c2)cc1. The second kappa shape index (κ2) is 6.32. The largest absolute Gasteiger partial charge is 0.399 e. The first-order chi connectivity index (χ1) is 12.8. The summed E-state index contributed by atoms with van der Waals surface area (Å²) < 4.78 is 2.00. The Bertz CT molecular complexity index is 902. The Morgan fingerprint density at radius 2 is 1.73 bits per heavy atom. The standard InChI is InChI=1S/C21H25N5/c22-19-5-3-17(4-6-19)18-13-21-20(7-8-23-26(21)15-18)25-11-9-24(10-12-25)14-16-1-2-16/h3-8,13,15-16H,1-2,9-12,14,22H2. The first-order valence-corrected chi connectivity index (χ1v) is 9.57. The first kappa shape index (κ1) is 15.7. The van der Waals surface area contributed by atoms with Crippen LogP contribution < -0.4 is 10.6 Å². The van der Waals surface area contributed by atoms with Crippen LogP contribution in [0.5, 0.6) is 0 Å². The summed E-state index contributed by atoms with van der Waals surface area (Å²) >= 11 is 0. The van der Waals surface area contributed by atoms with Crippen molar-refractivity contribution in [3.63, 3.8) is 0 Å². The minimum absolute atomic E-state index is 0.792. The Kier molecular flexibility index (Phi) is 3.82. The first-order valence-electron chi connectivity index (χ1n) is 9.57. The van der Waals surface area contributed by atoms with Gasteiger partial charge in [0.25, 0.3) is 0 Å². The van der Waals surface area contributed by atoms with Gasteiger partial charge in [-0.1, -0.05) is 12.1 Å². The summed E-state index contributed by atoms with van der Waals surface area (Å²) in [5.41, 5.74) is 11.4. The molecule has 134 valence electrons. The van der Waals surface area contributed by atoms with Gasteiger partial charge in [0, 0.05) is 56.4 Å². The lowest BCUT2D eigenvalue weighted by Gasteiger charge is -2.36. The number of nitrogens with zero attached hydrogens (tertiary/aromatic N) is 4. The van der Waals surface area contributed by atoms with Crippen molar-refractivity contribution < 1.29 is 0 Å². The number of benzene rings is 1. The van der Waals surface area contributed by atoms with E-state index < -0.39 is 0 Å². The number of fused-ring (bicyclic) bond motifs is 1. The molecule has 0 atom stereocenters. The molecule has 2 aliphatic rings. The van der Waals surface area contributed by atoms with Crippen LogP contribution in [0, 0.1) is 5.92 Å². The van der Waals surface area contributed by atoms with Gasteiger partial charge in [0.15, 0.2) is 0 Å². The van der Waals surface area contributed by atoms with Gasteiger partial charge in [0.1, 0.15) is 0 Å². The van der Waals surface area contributed by atoms with Gasteiger partial charge < -0.3 is 10.6 Å². The third-order valence-corrected chi connectivity index (χ3v) is 5.66. The minimum atomic E-state index is 0.792. The summed E-state index contributed by atoms with van der Waals surface area (Å²) in [5, 5.41) is 4.52. The molecule has 26 heavy (non-hydrogen) atoms. The molecule has 1 aliphatic carbocycles. The molecule has 0 radical (unpaired) electrons. The van der Waals surface area contributed by atoms with E-state index in [4.69, 9.17) is 5.73 Å². The van der Waals surface area contributed by atoms with Crippen molar-refractivity contribution >= 4 is 16.9 Å². The van der Waals surface area contributed by atoms with Gasteiger partial charge in [-0.05, 0) is 48.6 Å². The molecule has 3 aromatic rings. The normalized spacial score (nSPS) is 18.5. The summed E-state index contributed by atoms with van der Waals surface area (Å²) in [6.45, 7) is 5.81. The number of rotatable bonds is 4. The molecule has 5 heteroatoms. The molecule has 0 unspecified atom stereocenters. The van der Waals surface area contributed by atoms with E-state index in [0.717, 1.165) is 37.8 Å². The average Bonchev–Trinajstić information content (AvgIpc) is 3.37. The Hall–Kier alpha value is -2.53. The zero-order valence-corrected chi connectivity index (χ0v) is 15.0. The maximum atomic E-state index is 5.82. The van der Waals surface area contributed by atoms with Crippen molar-refractivity contribution in [3.05, 3.63) is 48.8 Å². The molecule has 5 rings (SSSR count). The Morgan fingerprint density at radius 1 is 0.962 bits per heavy atom. The summed E-state index contributed by atoms with van der Waals surface area (Å²) in [6, 6.07) is 12.4. The van der Waals surface area contributed by atoms with Gasteiger partial charge in [-0.15, -0.1) is 0 Å². The lowest BCUT2D eigenvalue weighted by Crippen LogP contribution is -2.47. The fourth-order valence-electron chi connectivity index (χ4n) is 3.94. The van der Waals surface area contributed by atoms with E-state index in [1.165, 1.54) is 41.7 Å². The quantitative estimate of drug-likeness (QED) is 0.737. The molecule has 3 heterocycles. The number of aromatic nitrogens is 2. The second-order valence-electron chi connectivity index (χ2n) is 7.63. The third-order valence-electron chi connectivity index (χ3n) is 5.66. The topological polar surface area (TPSA) is 49.8 Å². The lowest BCUT2D eigenvalue weighted by molar-refractivity contribution is 0.248. The van der Waals surface area contributed by atoms with Crippen LogP contribution in [0.15, 0.2) is 48.8 Å². The maximum Gasteiger partial charge on any atom is 0.0886 e. The fraction of sp³-hybridized carbons (Fsp3) is 0.381. The smallest absolute Gasteiger partial charge is 0.0886 e. The van der Waals surface area contributed by atoms with Crippen LogP contribution in [0.2, 0.25) is 0 Å². The van der Waals surface area contributed by atoms with Gasteiger partial charge in [-0.2, -0.15) is 5.10 Å². The molecule has 2 aromatic heterocycles. The summed E-state index contributed by atoms with van der Waals surface area (Å²) in [4.78, 5) is 5.14. The van der Waals surface area contributed by atoms with E-state index in [2.05, 4.69) is 45.4 Å². The fourth-order valence-corrected chi connectivity index (χ4v) is 3.94. The third kappa shape index (κ3) is 3.03. The molecular weight excluding hydrogens is 322 g/mol. The van der Waals surface area contributed by atoms with Crippen molar-refractivity contribution in [2.45, 2.75) is 12.8 Å². The van der Waals surface area contributed by atoms with Crippen LogP contribution in [0.4, 0.5) is 11.4 Å². The van der Waals surface area contributed by atoms with Gasteiger partial charge >= 0.3 is 0 Å². The van der Waals surface area contributed by atoms with Crippen LogP contribution >= 0.6 is 0 Å². The predicted octanol–water partition coefficient (Wildman–Crippen LogP) is 3.12.